The zero-order valence-electron chi connectivity index (χ0n) is 12.6. The molecule has 2 aromatic rings. The molecule has 1 aliphatic rings. The molecule has 0 saturated carbocycles. The van der Waals surface area contributed by atoms with Gasteiger partial charge in [-0.3, -0.25) is 19.1 Å². The van der Waals surface area contributed by atoms with E-state index in [-0.39, 0.29) is 29.3 Å². The molecule has 3 heterocycles. The van der Waals surface area contributed by atoms with Gasteiger partial charge in [-0.2, -0.15) is 4.98 Å². The van der Waals surface area contributed by atoms with Crippen LogP contribution in [0.15, 0.2) is 9.59 Å². The number of halogens is 1. The molecule has 8 nitrogen and oxygen atoms in total. The molecule has 0 bridgehead atoms. The lowest BCUT2D eigenvalue weighted by molar-refractivity contribution is -0.0514. The minimum Gasteiger partial charge on any atom is -0.394 e. The van der Waals surface area contributed by atoms with Gasteiger partial charge in [0.15, 0.2) is 5.65 Å². The number of nitrogens with two attached hydrogens (primary N) is 1. The van der Waals surface area contributed by atoms with Crippen LogP contribution in [0, 0.1) is 5.92 Å². The summed E-state index contributed by atoms with van der Waals surface area (Å²) in [7, 11) is 0. The number of alkyl halides is 1. The summed E-state index contributed by atoms with van der Waals surface area (Å²) in [4.78, 5) is 30.1. The number of fused-ring (bicyclic) bond motifs is 1. The van der Waals surface area contributed by atoms with Gasteiger partial charge in [-0.15, -0.1) is 0 Å². The molecule has 1 fully saturated rings. The second kappa shape index (κ2) is 5.39. The molecule has 1 unspecified atom stereocenters. The summed E-state index contributed by atoms with van der Waals surface area (Å²) in [6.07, 6.45) is -1.28. The summed E-state index contributed by atoms with van der Waals surface area (Å²) >= 11 is 0.703. The molecule has 4 N–H and O–H groups in total. The average Bonchev–Trinajstić information content (AvgIpc) is 2.99. The van der Waals surface area contributed by atoms with Crippen LogP contribution in [0.3, 0.4) is 0 Å². The minimum absolute atomic E-state index is 0.0686. The number of aromatic amines is 1. The molecule has 23 heavy (non-hydrogen) atoms. The van der Waals surface area contributed by atoms with E-state index in [1.165, 1.54) is 13.8 Å². The number of aliphatic hydroxyl groups excluding tert-OH is 1. The molecule has 126 valence electrons. The van der Waals surface area contributed by atoms with Crippen molar-refractivity contribution in [3.8, 4) is 0 Å². The molecule has 2 aromatic heterocycles. The first-order valence-corrected chi connectivity index (χ1v) is 7.90. The SMILES string of the molecule is CC(C)(F)C1C[C@@H](CO)O[C@H]1n1c(=O)sc2c(=O)[nH]c(N)nc21. The van der Waals surface area contributed by atoms with Crippen LogP contribution in [0.2, 0.25) is 0 Å². The topological polar surface area (TPSA) is 123 Å². The van der Waals surface area contributed by atoms with Crippen molar-refractivity contribution in [2.45, 2.75) is 38.3 Å². The smallest absolute Gasteiger partial charge is 0.311 e. The Morgan fingerprint density at radius 3 is 2.87 bits per heavy atom. The predicted molar refractivity (Wildman–Crippen MR) is 83.2 cm³/mol. The van der Waals surface area contributed by atoms with E-state index in [2.05, 4.69) is 9.97 Å². The number of anilines is 1. The number of nitrogens with one attached hydrogen (secondary N) is 1. The lowest BCUT2D eigenvalue weighted by Crippen LogP contribution is -2.34. The highest BCUT2D eigenvalue weighted by Gasteiger charge is 2.46. The van der Waals surface area contributed by atoms with Crippen LogP contribution in [-0.2, 0) is 4.74 Å². The molecule has 1 aliphatic heterocycles. The molecular formula is C13H17FN4O4S. The second-order valence-electron chi connectivity index (χ2n) is 6.08. The van der Waals surface area contributed by atoms with Gasteiger partial charge in [0.05, 0.1) is 12.7 Å². The molecular weight excluding hydrogens is 327 g/mol. The maximum absolute atomic E-state index is 14.5. The first-order valence-electron chi connectivity index (χ1n) is 7.08. The quantitative estimate of drug-likeness (QED) is 0.739. The summed E-state index contributed by atoms with van der Waals surface area (Å²) in [5, 5.41) is 9.31. The first-order chi connectivity index (χ1) is 10.7. The Balaban J connectivity index is 2.20. The lowest BCUT2D eigenvalue weighted by Gasteiger charge is -2.27. The molecule has 0 radical (unpaired) electrons. The van der Waals surface area contributed by atoms with Crippen LogP contribution < -0.4 is 16.2 Å². The van der Waals surface area contributed by atoms with Crippen LogP contribution in [0.4, 0.5) is 10.3 Å². The van der Waals surface area contributed by atoms with Gasteiger partial charge in [-0.05, 0) is 20.3 Å². The number of hydrogen-bond donors (Lipinski definition) is 3. The first kappa shape index (κ1) is 16.1. The third kappa shape index (κ3) is 2.66. The largest absolute Gasteiger partial charge is 0.394 e. The van der Waals surface area contributed by atoms with Gasteiger partial charge in [-0.1, -0.05) is 11.3 Å². The third-order valence-corrected chi connectivity index (χ3v) is 4.97. The fraction of sp³-hybridized carbons (Fsp3) is 0.615. The van der Waals surface area contributed by atoms with Gasteiger partial charge in [-0.25, -0.2) is 4.39 Å². The van der Waals surface area contributed by atoms with E-state index in [0.29, 0.717) is 11.3 Å². The van der Waals surface area contributed by atoms with E-state index in [1.807, 2.05) is 0 Å². The summed E-state index contributed by atoms with van der Waals surface area (Å²) in [6, 6.07) is 0. The van der Waals surface area contributed by atoms with Crippen molar-refractivity contribution in [3.63, 3.8) is 0 Å². The van der Waals surface area contributed by atoms with Crippen LogP contribution >= 0.6 is 11.3 Å². The summed E-state index contributed by atoms with van der Waals surface area (Å²) < 4.78 is 21.5. The number of ether oxygens (including phenoxy) is 1. The Labute approximate surface area is 133 Å². The number of thiazole rings is 1. The highest BCUT2D eigenvalue weighted by Crippen LogP contribution is 2.43. The molecule has 3 atom stereocenters. The van der Waals surface area contributed by atoms with Crippen LogP contribution in [0.25, 0.3) is 10.3 Å². The Morgan fingerprint density at radius 2 is 2.26 bits per heavy atom. The standard InChI is InChI=1S/C13H17FN4O4S/c1-13(2,14)6-3-5(4-19)22-10(6)18-8-7(23-12(18)21)9(20)17-11(15)16-8/h5-6,10,19H,3-4H2,1-2H3,(H3,15,16,17,20)/t5-,6?,10+/m0/s1. The van der Waals surface area contributed by atoms with Gasteiger partial charge < -0.3 is 15.6 Å². The van der Waals surface area contributed by atoms with Crippen molar-refractivity contribution < 1.29 is 14.2 Å². The average molecular weight is 344 g/mol. The Morgan fingerprint density at radius 1 is 1.57 bits per heavy atom. The minimum atomic E-state index is -1.64. The predicted octanol–water partition coefficient (Wildman–Crippen LogP) is 0.373. The van der Waals surface area contributed by atoms with Gasteiger partial charge >= 0.3 is 4.87 Å². The molecule has 3 rings (SSSR count). The van der Waals surface area contributed by atoms with Crippen molar-refractivity contribution in [1.82, 2.24) is 14.5 Å². The Bertz CT molecular complexity index is 852. The van der Waals surface area contributed by atoms with E-state index in [4.69, 9.17) is 10.5 Å². The zero-order chi connectivity index (χ0) is 16.9. The van der Waals surface area contributed by atoms with E-state index in [0.717, 1.165) is 4.57 Å². The van der Waals surface area contributed by atoms with Crippen LogP contribution in [0.5, 0.6) is 0 Å². The van der Waals surface area contributed by atoms with Crippen molar-refractivity contribution in [3.05, 3.63) is 20.0 Å². The Hall–Kier alpha value is -1.78. The number of nitrogens with zero attached hydrogens (tertiary/aromatic N) is 2. The Kier molecular flexibility index (Phi) is 3.77. The maximum Gasteiger partial charge on any atom is 0.311 e. The van der Waals surface area contributed by atoms with Crippen molar-refractivity contribution in [2.75, 3.05) is 12.3 Å². The maximum atomic E-state index is 14.5. The summed E-state index contributed by atoms with van der Waals surface area (Å²) in [5.74, 6) is -0.806. The highest BCUT2D eigenvalue weighted by molar-refractivity contribution is 7.16. The number of aliphatic hydroxyl groups is 1. The van der Waals surface area contributed by atoms with Gasteiger partial charge in [0, 0.05) is 5.92 Å². The normalized spacial score (nSPS) is 25.3. The number of hydrogen-bond acceptors (Lipinski definition) is 7. The third-order valence-electron chi connectivity index (χ3n) is 4.02. The number of aromatic nitrogens is 3. The van der Waals surface area contributed by atoms with Gasteiger partial charge in [0.2, 0.25) is 5.95 Å². The zero-order valence-corrected chi connectivity index (χ0v) is 13.4. The van der Waals surface area contributed by atoms with Gasteiger partial charge in [0.1, 0.15) is 16.6 Å². The van der Waals surface area contributed by atoms with Crippen molar-refractivity contribution in [2.24, 2.45) is 5.92 Å². The van der Waals surface area contributed by atoms with E-state index < -0.39 is 34.4 Å². The van der Waals surface area contributed by atoms with Crippen molar-refractivity contribution >= 4 is 27.6 Å². The molecule has 1 saturated heterocycles. The lowest BCUT2D eigenvalue weighted by atomic mass is 9.88. The highest BCUT2D eigenvalue weighted by atomic mass is 32.1. The summed E-state index contributed by atoms with van der Waals surface area (Å²) in [5.41, 5.74) is 3.44. The van der Waals surface area contributed by atoms with E-state index >= 15 is 0 Å². The fourth-order valence-electron chi connectivity index (χ4n) is 2.89. The molecule has 10 heteroatoms. The molecule has 0 spiro atoms. The fourth-order valence-corrected chi connectivity index (χ4v) is 3.74. The van der Waals surface area contributed by atoms with Gasteiger partial charge in [0.25, 0.3) is 5.56 Å². The molecule has 0 amide bonds. The van der Waals surface area contributed by atoms with Crippen LogP contribution in [-0.4, -0.2) is 38.0 Å². The van der Waals surface area contributed by atoms with E-state index in [1.54, 1.807) is 0 Å². The van der Waals surface area contributed by atoms with E-state index in [9.17, 15) is 19.1 Å². The number of rotatable bonds is 3. The van der Waals surface area contributed by atoms with Crippen molar-refractivity contribution in [1.29, 1.82) is 0 Å². The number of H-pyrrole nitrogens is 1. The summed E-state index contributed by atoms with van der Waals surface area (Å²) in [6.45, 7) is 2.50. The molecule has 0 aliphatic carbocycles. The number of nitrogen functional groups attached to an aromatic ring is 1. The van der Waals surface area contributed by atoms with Crippen LogP contribution in [0.1, 0.15) is 26.5 Å². The molecule has 0 aromatic carbocycles. The monoisotopic (exact) mass is 344 g/mol. The second-order valence-corrected chi connectivity index (χ2v) is 7.04.